The molecule has 0 aliphatic rings. The van der Waals surface area contributed by atoms with Crippen LogP contribution < -0.4 is 11.2 Å². The molecule has 0 radical (unpaired) electrons. The van der Waals surface area contributed by atoms with Crippen LogP contribution in [0.2, 0.25) is 0 Å². The van der Waals surface area contributed by atoms with E-state index >= 15 is 0 Å². The predicted octanol–water partition coefficient (Wildman–Crippen LogP) is -1.65. The van der Waals surface area contributed by atoms with Crippen LogP contribution in [0, 0.1) is 0 Å². The van der Waals surface area contributed by atoms with Crippen molar-refractivity contribution in [1.29, 1.82) is 0 Å². The van der Waals surface area contributed by atoms with E-state index in [-0.39, 0.29) is 37.7 Å². The first-order chi connectivity index (χ1) is 3.63. The van der Waals surface area contributed by atoms with Gasteiger partial charge >= 0.3 is 49.9 Å². The summed E-state index contributed by atoms with van der Waals surface area (Å²) in [6.45, 7) is 0. The Morgan fingerprint density at radius 2 is 2.00 bits per heavy atom. The molecule has 50 valence electrons. The summed E-state index contributed by atoms with van der Waals surface area (Å²) in [6.07, 6.45) is -1.61. The molecule has 0 rings (SSSR count). The molecule has 7 heteroatoms. The van der Waals surface area contributed by atoms with Gasteiger partial charge in [-0.3, -0.25) is 0 Å². The normalized spacial score (nSPS) is 6.67. The fourth-order valence-electron chi connectivity index (χ4n) is 0.0940. The van der Waals surface area contributed by atoms with E-state index in [2.05, 4.69) is 10.6 Å². The number of nitrogens with two attached hydrogens (primary N) is 1. The summed E-state index contributed by atoms with van der Waals surface area (Å²) >= 11 is 0. The molecular weight excluding hydrogens is 156 g/mol. The van der Waals surface area contributed by atoms with Crippen molar-refractivity contribution in [2.75, 3.05) is 0 Å². The average Bonchev–Trinajstić information content (AvgIpc) is 1.61. The SMILES string of the molecule is NC(=O)NOC(=O)O.[CaH2]. The first-order valence-corrected chi connectivity index (χ1v) is 1.58. The molecule has 2 amide bonds. The third kappa shape index (κ3) is 11.4. The molecule has 0 aromatic rings. The Hall–Kier alpha value is -0.200. The molecule has 0 saturated heterocycles. The van der Waals surface area contributed by atoms with E-state index in [4.69, 9.17) is 5.11 Å². The van der Waals surface area contributed by atoms with Crippen molar-refractivity contribution < 1.29 is 19.5 Å². The van der Waals surface area contributed by atoms with Crippen LogP contribution in [0.1, 0.15) is 0 Å². The Morgan fingerprint density at radius 1 is 1.56 bits per heavy atom. The molecular formula is C2H6CaN2O4. The van der Waals surface area contributed by atoms with Crippen LogP contribution in [0.15, 0.2) is 0 Å². The van der Waals surface area contributed by atoms with E-state index in [1.807, 2.05) is 0 Å². The molecule has 0 heterocycles. The zero-order valence-electron chi connectivity index (χ0n) is 3.75. The number of rotatable bonds is 0. The van der Waals surface area contributed by atoms with Gasteiger partial charge in [-0.15, -0.1) is 0 Å². The van der Waals surface area contributed by atoms with Crippen molar-refractivity contribution in [2.45, 2.75) is 0 Å². The second-order valence-electron chi connectivity index (χ2n) is 0.834. The van der Waals surface area contributed by atoms with E-state index < -0.39 is 12.2 Å². The van der Waals surface area contributed by atoms with E-state index in [1.165, 1.54) is 5.48 Å². The van der Waals surface area contributed by atoms with Crippen molar-refractivity contribution in [3.8, 4) is 0 Å². The summed E-state index contributed by atoms with van der Waals surface area (Å²) in [5.41, 5.74) is 5.79. The van der Waals surface area contributed by atoms with Crippen LogP contribution in [0.5, 0.6) is 0 Å². The predicted molar refractivity (Wildman–Crippen MR) is 30.4 cm³/mol. The van der Waals surface area contributed by atoms with Crippen LogP contribution in [0.4, 0.5) is 9.59 Å². The number of urea groups is 1. The molecule has 0 unspecified atom stereocenters. The summed E-state index contributed by atoms with van der Waals surface area (Å²) < 4.78 is 0. The maximum atomic E-state index is 9.63. The number of carbonyl (C=O) groups is 2. The van der Waals surface area contributed by atoms with E-state index in [1.54, 1.807) is 0 Å². The number of amides is 2. The molecule has 0 fully saturated rings. The zero-order valence-corrected chi connectivity index (χ0v) is 3.75. The Morgan fingerprint density at radius 3 is 2.11 bits per heavy atom. The van der Waals surface area contributed by atoms with E-state index in [9.17, 15) is 9.59 Å². The number of hydrogen-bond acceptors (Lipinski definition) is 3. The fraction of sp³-hybridized carbons (Fsp3) is 0. The van der Waals surface area contributed by atoms with Crippen molar-refractivity contribution >= 4 is 49.9 Å². The summed E-state index contributed by atoms with van der Waals surface area (Å²) in [4.78, 5) is 22.5. The van der Waals surface area contributed by atoms with Crippen LogP contribution in [-0.2, 0) is 4.84 Å². The average molecular weight is 162 g/mol. The first kappa shape index (κ1) is 11.6. The third-order valence-electron chi connectivity index (χ3n) is 0.239. The molecule has 0 atom stereocenters. The van der Waals surface area contributed by atoms with E-state index in [0.29, 0.717) is 0 Å². The Labute approximate surface area is 80.3 Å². The van der Waals surface area contributed by atoms with Gasteiger partial charge in [0, 0.05) is 0 Å². The van der Waals surface area contributed by atoms with E-state index in [0.717, 1.165) is 0 Å². The summed E-state index contributed by atoms with van der Waals surface area (Å²) in [5.74, 6) is 0. The number of hydroxylamine groups is 1. The fourth-order valence-corrected chi connectivity index (χ4v) is 0.0940. The molecule has 0 bridgehead atoms. The number of carbonyl (C=O) groups excluding carboxylic acids is 1. The van der Waals surface area contributed by atoms with Crippen molar-refractivity contribution in [2.24, 2.45) is 5.73 Å². The second kappa shape index (κ2) is 5.93. The summed E-state index contributed by atoms with van der Waals surface area (Å²) in [6, 6.07) is -1.05. The van der Waals surface area contributed by atoms with Gasteiger partial charge in [-0.2, -0.15) is 5.48 Å². The van der Waals surface area contributed by atoms with Crippen LogP contribution in [-0.4, -0.2) is 55.0 Å². The van der Waals surface area contributed by atoms with Crippen molar-refractivity contribution in [1.82, 2.24) is 5.48 Å². The van der Waals surface area contributed by atoms with Gasteiger partial charge in [0.1, 0.15) is 0 Å². The number of carboxylic acid groups (broad SMARTS) is 1. The summed E-state index contributed by atoms with van der Waals surface area (Å²) in [5, 5.41) is 7.67. The van der Waals surface area contributed by atoms with Crippen LogP contribution in [0.25, 0.3) is 0 Å². The summed E-state index contributed by atoms with van der Waals surface area (Å²) in [7, 11) is 0. The monoisotopic (exact) mass is 162 g/mol. The molecule has 4 N–H and O–H groups in total. The van der Waals surface area contributed by atoms with Gasteiger partial charge in [-0.25, -0.2) is 9.59 Å². The second-order valence-corrected chi connectivity index (χ2v) is 0.834. The maximum absolute atomic E-state index is 9.63. The van der Waals surface area contributed by atoms with Crippen molar-refractivity contribution in [3.63, 3.8) is 0 Å². The van der Waals surface area contributed by atoms with Gasteiger partial charge < -0.3 is 15.7 Å². The Kier molecular flexibility index (Phi) is 7.63. The van der Waals surface area contributed by atoms with Gasteiger partial charge in [-0.1, -0.05) is 0 Å². The minimum atomic E-state index is -1.61. The Balaban J connectivity index is 0. The molecule has 0 aliphatic heterocycles. The van der Waals surface area contributed by atoms with Gasteiger partial charge in [0.05, 0.1) is 0 Å². The topological polar surface area (TPSA) is 102 Å². The molecule has 0 saturated carbocycles. The van der Waals surface area contributed by atoms with Crippen LogP contribution in [0.3, 0.4) is 0 Å². The minimum absolute atomic E-state index is 0. The molecule has 0 aromatic heterocycles. The van der Waals surface area contributed by atoms with Crippen LogP contribution >= 0.6 is 0 Å². The van der Waals surface area contributed by atoms with Gasteiger partial charge in [-0.05, 0) is 0 Å². The molecule has 0 spiro atoms. The number of hydrogen-bond donors (Lipinski definition) is 3. The molecule has 6 nitrogen and oxygen atoms in total. The quantitative estimate of drug-likeness (QED) is 0.293. The third-order valence-corrected chi connectivity index (χ3v) is 0.239. The first-order valence-electron chi connectivity index (χ1n) is 1.58. The van der Waals surface area contributed by atoms with Gasteiger partial charge in [0.25, 0.3) is 0 Å². The standard InChI is InChI=1S/C2H4N2O4.Ca.2H/c3-1(5)4-8-2(6)7;;;/h(H,6,7)(H3,3,4,5);;;. The Bertz CT molecular complexity index is 101. The molecule has 0 aliphatic carbocycles. The number of nitrogens with one attached hydrogen (secondary N) is 1. The zero-order chi connectivity index (χ0) is 6.57. The van der Waals surface area contributed by atoms with Crippen molar-refractivity contribution in [3.05, 3.63) is 0 Å². The number of primary amides is 1. The van der Waals surface area contributed by atoms with Gasteiger partial charge in [0.15, 0.2) is 0 Å². The molecule has 0 aromatic carbocycles. The molecule has 9 heavy (non-hydrogen) atoms. The van der Waals surface area contributed by atoms with Gasteiger partial charge in [0.2, 0.25) is 0 Å².